The summed E-state index contributed by atoms with van der Waals surface area (Å²) in [4.78, 5) is 19.0. The Morgan fingerprint density at radius 3 is 2.42 bits per heavy atom. The fraction of sp³-hybridized carbons (Fsp3) is 0.111. The molecule has 1 fully saturated rings. The molecule has 1 saturated heterocycles. The molecule has 24 heavy (non-hydrogen) atoms. The third-order valence-electron chi connectivity index (χ3n) is 3.49. The zero-order valence-corrected chi connectivity index (χ0v) is 14.1. The average Bonchev–Trinajstić information content (AvgIpc) is 2.86. The summed E-state index contributed by atoms with van der Waals surface area (Å²) in [5.74, 6) is 0.858. The second kappa shape index (κ2) is 6.80. The molecule has 0 atom stereocenters. The van der Waals surface area contributed by atoms with Gasteiger partial charge in [-0.15, -0.1) is 0 Å². The van der Waals surface area contributed by atoms with E-state index in [1.54, 1.807) is 44.5 Å². The quantitative estimate of drug-likeness (QED) is 0.867. The lowest BCUT2D eigenvalue weighted by atomic mass is 10.2. The summed E-state index contributed by atoms with van der Waals surface area (Å²) in [5.41, 5.74) is 1.60. The topological polar surface area (TPSA) is 62.1 Å². The smallest absolute Gasteiger partial charge is 0.266 e. The van der Waals surface area contributed by atoms with Crippen LogP contribution in [0.5, 0.6) is 11.5 Å². The van der Waals surface area contributed by atoms with Gasteiger partial charge < -0.3 is 9.84 Å². The number of amidine groups is 1. The highest BCUT2D eigenvalue weighted by molar-refractivity contribution is 8.18. The first-order valence-corrected chi connectivity index (χ1v) is 8.08. The molecule has 1 N–H and O–H groups in total. The van der Waals surface area contributed by atoms with Crippen LogP contribution in [0.15, 0.2) is 58.4 Å². The number of aliphatic imine (C=N–C) groups is 1. The van der Waals surface area contributed by atoms with Crippen LogP contribution in [0.2, 0.25) is 0 Å². The van der Waals surface area contributed by atoms with E-state index in [4.69, 9.17) is 4.74 Å². The SMILES string of the molecule is COc1ccc(N=C2S/C(=C\c3ccc(O)cc3)C(=O)N2C)cc1. The van der Waals surface area contributed by atoms with Gasteiger partial charge in [0.25, 0.3) is 5.91 Å². The number of aromatic hydroxyl groups is 1. The van der Waals surface area contributed by atoms with E-state index in [1.165, 1.54) is 16.7 Å². The Morgan fingerprint density at radius 2 is 1.79 bits per heavy atom. The number of ether oxygens (including phenoxy) is 1. The van der Waals surface area contributed by atoms with Crippen molar-refractivity contribution >= 4 is 34.6 Å². The fourth-order valence-electron chi connectivity index (χ4n) is 2.14. The highest BCUT2D eigenvalue weighted by Crippen LogP contribution is 2.33. The zero-order chi connectivity index (χ0) is 17.1. The van der Waals surface area contributed by atoms with E-state index in [9.17, 15) is 9.90 Å². The maximum atomic E-state index is 12.4. The molecule has 1 heterocycles. The molecule has 2 aromatic rings. The van der Waals surface area contributed by atoms with Crippen molar-refractivity contribution in [1.82, 2.24) is 4.90 Å². The number of likely N-dealkylation sites (N-methyl/N-ethyl adjacent to an activating group) is 1. The van der Waals surface area contributed by atoms with Gasteiger partial charge in [-0.2, -0.15) is 0 Å². The van der Waals surface area contributed by atoms with E-state index < -0.39 is 0 Å². The Labute approximate surface area is 144 Å². The number of carbonyl (C=O) groups is 1. The number of rotatable bonds is 3. The Hall–Kier alpha value is -2.73. The van der Waals surface area contributed by atoms with Crippen LogP contribution in [-0.2, 0) is 4.79 Å². The highest BCUT2D eigenvalue weighted by Gasteiger charge is 2.30. The standard InChI is InChI=1S/C18H16N2O3S/c1-20-17(22)16(11-12-3-7-14(21)8-4-12)24-18(20)19-13-5-9-15(23-2)10-6-13/h3-11,21H,1-2H3/b16-11-,19-18?. The van der Waals surface area contributed by atoms with E-state index in [2.05, 4.69) is 4.99 Å². The van der Waals surface area contributed by atoms with Gasteiger partial charge in [0.2, 0.25) is 0 Å². The van der Waals surface area contributed by atoms with Crippen LogP contribution in [0.1, 0.15) is 5.56 Å². The van der Waals surface area contributed by atoms with Crippen molar-refractivity contribution in [3.05, 3.63) is 59.0 Å². The van der Waals surface area contributed by atoms with E-state index in [0.717, 1.165) is 17.0 Å². The number of nitrogens with zero attached hydrogens (tertiary/aromatic N) is 2. The van der Waals surface area contributed by atoms with Gasteiger partial charge in [-0.1, -0.05) is 12.1 Å². The van der Waals surface area contributed by atoms with Crippen LogP contribution in [0.4, 0.5) is 5.69 Å². The van der Waals surface area contributed by atoms with Crippen LogP contribution >= 0.6 is 11.8 Å². The summed E-state index contributed by atoms with van der Waals surface area (Å²) in [6.07, 6.45) is 1.79. The Morgan fingerprint density at radius 1 is 1.12 bits per heavy atom. The van der Waals surface area contributed by atoms with Crippen molar-refractivity contribution < 1.29 is 14.6 Å². The molecule has 0 saturated carbocycles. The Bertz CT molecular complexity index is 811. The summed E-state index contributed by atoms with van der Waals surface area (Å²) in [5, 5.41) is 9.95. The number of hydrogen-bond acceptors (Lipinski definition) is 5. The number of phenols is 1. The lowest BCUT2D eigenvalue weighted by Gasteiger charge is -2.07. The second-order valence-electron chi connectivity index (χ2n) is 5.16. The summed E-state index contributed by atoms with van der Waals surface area (Å²) >= 11 is 1.32. The van der Waals surface area contributed by atoms with Crippen molar-refractivity contribution in [2.45, 2.75) is 0 Å². The normalized spacial score (nSPS) is 17.8. The molecule has 1 aliphatic rings. The lowest BCUT2D eigenvalue weighted by Crippen LogP contribution is -2.23. The van der Waals surface area contributed by atoms with Crippen molar-refractivity contribution in [2.75, 3.05) is 14.2 Å². The molecule has 1 aliphatic heterocycles. The van der Waals surface area contributed by atoms with Gasteiger partial charge >= 0.3 is 0 Å². The van der Waals surface area contributed by atoms with E-state index >= 15 is 0 Å². The maximum Gasteiger partial charge on any atom is 0.266 e. The van der Waals surface area contributed by atoms with Gasteiger partial charge in [-0.25, -0.2) is 4.99 Å². The number of methoxy groups -OCH3 is 1. The number of hydrogen-bond donors (Lipinski definition) is 1. The minimum Gasteiger partial charge on any atom is -0.508 e. The van der Waals surface area contributed by atoms with Crippen LogP contribution in [-0.4, -0.2) is 35.2 Å². The third kappa shape index (κ3) is 3.44. The van der Waals surface area contributed by atoms with Gasteiger partial charge in [0, 0.05) is 7.05 Å². The molecule has 6 heteroatoms. The molecular weight excluding hydrogens is 324 g/mol. The average molecular weight is 340 g/mol. The summed E-state index contributed by atoms with van der Waals surface area (Å²) in [7, 11) is 3.32. The summed E-state index contributed by atoms with van der Waals surface area (Å²) in [6.45, 7) is 0. The molecule has 0 aromatic heterocycles. The van der Waals surface area contributed by atoms with Gasteiger partial charge in [-0.05, 0) is 59.8 Å². The van der Waals surface area contributed by atoms with Gasteiger partial charge in [0.1, 0.15) is 11.5 Å². The molecular formula is C18H16N2O3S. The number of amides is 1. The predicted molar refractivity (Wildman–Crippen MR) is 96.5 cm³/mol. The minimum absolute atomic E-state index is 0.0969. The molecule has 0 bridgehead atoms. The molecule has 0 radical (unpaired) electrons. The van der Waals surface area contributed by atoms with E-state index in [1.807, 2.05) is 24.3 Å². The van der Waals surface area contributed by atoms with Gasteiger partial charge in [0.05, 0.1) is 17.7 Å². The van der Waals surface area contributed by atoms with Gasteiger partial charge in [-0.3, -0.25) is 9.69 Å². The van der Waals surface area contributed by atoms with Crippen LogP contribution in [0, 0.1) is 0 Å². The molecule has 2 aromatic carbocycles. The summed E-state index contributed by atoms with van der Waals surface area (Å²) in [6, 6.07) is 14.0. The van der Waals surface area contributed by atoms with Gasteiger partial charge in [0.15, 0.2) is 5.17 Å². The van der Waals surface area contributed by atoms with Crippen molar-refractivity contribution in [2.24, 2.45) is 4.99 Å². The molecule has 122 valence electrons. The fourth-order valence-corrected chi connectivity index (χ4v) is 3.13. The minimum atomic E-state index is -0.0969. The first-order valence-electron chi connectivity index (χ1n) is 7.26. The first kappa shape index (κ1) is 16.1. The highest BCUT2D eigenvalue weighted by atomic mass is 32.2. The van der Waals surface area contributed by atoms with Crippen molar-refractivity contribution in [3.8, 4) is 11.5 Å². The van der Waals surface area contributed by atoms with Crippen LogP contribution in [0.25, 0.3) is 6.08 Å². The Kier molecular flexibility index (Phi) is 4.57. The van der Waals surface area contributed by atoms with Crippen LogP contribution in [0.3, 0.4) is 0 Å². The molecule has 1 amide bonds. The van der Waals surface area contributed by atoms with E-state index in [0.29, 0.717) is 10.1 Å². The number of phenolic OH excluding ortho intramolecular Hbond substituents is 1. The van der Waals surface area contributed by atoms with Crippen LogP contribution < -0.4 is 4.74 Å². The molecule has 0 aliphatic carbocycles. The zero-order valence-electron chi connectivity index (χ0n) is 13.3. The number of carbonyl (C=O) groups excluding carboxylic acids is 1. The lowest BCUT2D eigenvalue weighted by molar-refractivity contribution is -0.121. The largest absolute Gasteiger partial charge is 0.508 e. The number of thioether (sulfide) groups is 1. The Balaban J connectivity index is 1.85. The third-order valence-corrected chi connectivity index (χ3v) is 4.55. The summed E-state index contributed by atoms with van der Waals surface area (Å²) < 4.78 is 5.12. The molecule has 0 unspecified atom stereocenters. The van der Waals surface area contributed by atoms with Crippen molar-refractivity contribution in [3.63, 3.8) is 0 Å². The van der Waals surface area contributed by atoms with Crippen molar-refractivity contribution in [1.29, 1.82) is 0 Å². The second-order valence-corrected chi connectivity index (χ2v) is 6.17. The monoisotopic (exact) mass is 340 g/mol. The van der Waals surface area contributed by atoms with E-state index in [-0.39, 0.29) is 11.7 Å². The molecule has 5 nitrogen and oxygen atoms in total. The first-order chi connectivity index (χ1) is 11.6. The predicted octanol–water partition coefficient (Wildman–Crippen LogP) is 3.63. The number of benzene rings is 2. The molecule has 0 spiro atoms. The maximum absolute atomic E-state index is 12.4. The molecule has 3 rings (SSSR count).